The molecule has 20 heavy (non-hydrogen) atoms. The van der Waals surface area contributed by atoms with Gasteiger partial charge >= 0.3 is 0 Å². The minimum absolute atomic E-state index is 0.332. The Kier molecular flexibility index (Phi) is 4.81. The number of thioether (sulfide) groups is 1. The molecule has 0 unspecified atom stereocenters. The molecule has 0 bridgehead atoms. The fraction of sp³-hybridized carbons (Fsp3) is 0.750. The van der Waals surface area contributed by atoms with Gasteiger partial charge in [0.1, 0.15) is 5.78 Å². The summed E-state index contributed by atoms with van der Waals surface area (Å²) < 4.78 is 2.08. The molecule has 2 saturated carbocycles. The molecule has 1 heterocycles. The fourth-order valence-electron chi connectivity index (χ4n) is 3.36. The lowest BCUT2D eigenvalue weighted by atomic mass is 10.2. The van der Waals surface area contributed by atoms with E-state index in [0.717, 1.165) is 10.9 Å². The second-order valence-electron chi connectivity index (χ2n) is 6.16. The van der Waals surface area contributed by atoms with Crippen molar-refractivity contribution < 1.29 is 4.79 Å². The Hall–Kier alpha value is -0.770. The molecule has 0 radical (unpaired) electrons. The van der Waals surface area contributed by atoms with Crippen LogP contribution in [0.4, 0.5) is 0 Å². The Balaban J connectivity index is 1.45. The third-order valence-electron chi connectivity index (χ3n) is 4.52. The fourth-order valence-corrected chi connectivity index (χ4v) is 4.55. The maximum absolute atomic E-state index is 12.0. The second-order valence-corrected chi connectivity index (χ2v) is 7.45. The van der Waals surface area contributed by atoms with E-state index in [1.807, 2.05) is 17.8 Å². The summed E-state index contributed by atoms with van der Waals surface area (Å²) in [6.07, 6.45) is 13.0. The lowest BCUT2D eigenvalue weighted by molar-refractivity contribution is -0.116. The number of hydrogen-bond acceptors (Lipinski definition) is 3. The van der Waals surface area contributed by atoms with Crippen molar-refractivity contribution in [3.63, 3.8) is 0 Å². The second kappa shape index (κ2) is 6.79. The van der Waals surface area contributed by atoms with E-state index in [1.54, 1.807) is 0 Å². The molecule has 1 aromatic rings. The number of carbonyl (C=O) groups is 1. The quantitative estimate of drug-likeness (QED) is 0.800. The maximum Gasteiger partial charge on any atom is 0.148 e. The molecule has 2 aliphatic rings. The van der Waals surface area contributed by atoms with E-state index in [9.17, 15) is 4.79 Å². The third-order valence-corrected chi connectivity index (χ3v) is 5.95. The van der Waals surface area contributed by atoms with Crippen LogP contribution in [0.25, 0.3) is 0 Å². The van der Waals surface area contributed by atoms with Crippen molar-refractivity contribution >= 4 is 17.5 Å². The van der Waals surface area contributed by atoms with E-state index < -0.39 is 0 Å². The largest absolute Gasteiger partial charge is 0.298 e. The first-order valence-electron chi connectivity index (χ1n) is 7.98. The zero-order chi connectivity index (χ0) is 13.8. The Bertz CT molecular complexity index is 445. The predicted molar refractivity (Wildman–Crippen MR) is 83.2 cm³/mol. The van der Waals surface area contributed by atoms with Crippen LogP contribution in [0.15, 0.2) is 12.3 Å². The summed E-state index contributed by atoms with van der Waals surface area (Å²) >= 11 is 1.86. The van der Waals surface area contributed by atoms with Crippen molar-refractivity contribution in [1.82, 2.24) is 9.78 Å². The van der Waals surface area contributed by atoms with Crippen molar-refractivity contribution in [3.05, 3.63) is 18.0 Å². The number of carbonyl (C=O) groups excluding carboxylic acids is 1. The van der Waals surface area contributed by atoms with Crippen molar-refractivity contribution in [1.29, 1.82) is 0 Å². The van der Waals surface area contributed by atoms with Crippen LogP contribution in [0.5, 0.6) is 0 Å². The summed E-state index contributed by atoms with van der Waals surface area (Å²) in [5, 5.41) is 5.33. The van der Waals surface area contributed by atoms with Gasteiger partial charge in [-0.05, 0) is 31.7 Å². The van der Waals surface area contributed by atoms with E-state index >= 15 is 0 Å². The number of nitrogens with zero attached hydrogens (tertiary/aromatic N) is 2. The van der Waals surface area contributed by atoms with Gasteiger partial charge in [-0.25, -0.2) is 0 Å². The van der Waals surface area contributed by atoms with Crippen LogP contribution in [0.3, 0.4) is 0 Å². The van der Waals surface area contributed by atoms with Gasteiger partial charge < -0.3 is 0 Å². The molecule has 110 valence electrons. The molecule has 3 rings (SSSR count). The minimum atomic E-state index is 0.332. The topological polar surface area (TPSA) is 34.9 Å². The first-order valence-corrected chi connectivity index (χ1v) is 9.03. The Morgan fingerprint density at radius 1 is 1.20 bits per heavy atom. The van der Waals surface area contributed by atoms with Gasteiger partial charge in [-0.1, -0.05) is 25.7 Å². The zero-order valence-corrected chi connectivity index (χ0v) is 12.9. The Labute approximate surface area is 125 Å². The van der Waals surface area contributed by atoms with Crippen LogP contribution in [0, 0.1) is 0 Å². The van der Waals surface area contributed by atoms with E-state index in [0.29, 0.717) is 24.0 Å². The van der Waals surface area contributed by atoms with Crippen molar-refractivity contribution in [2.75, 3.05) is 5.75 Å². The van der Waals surface area contributed by atoms with Gasteiger partial charge in [-0.2, -0.15) is 16.9 Å². The number of aromatic nitrogens is 2. The van der Waals surface area contributed by atoms with E-state index in [1.165, 1.54) is 51.4 Å². The molecule has 0 amide bonds. The van der Waals surface area contributed by atoms with E-state index in [4.69, 9.17) is 0 Å². The van der Waals surface area contributed by atoms with Crippen LogP contribution in [-0.2, 0) is 11.2 Å². The van der Waals surface area contributed by atoms with E-state index in [2.05, 4.69) is 16.0 Å². The van der Waals surface area contributed by atoms with Crippen LogP contribution in [0.2, 0.25) is 0 Å². The lowest BCUT2D eigenvalue weighted by Crippen LogP contribution is -2.11. The molecule has 0 N–H and O–H groups in total. The molecule has 4 heteroatoms. The third kappa shape index (κ3) is 3.66. The van der Waals surface area contributed by atoms with Crippen molar-refractivity contribution in [2.45, 2.75) is 69.1 Å². The predicted octanol–water partition coefficient (Wildman–Crippen LogP) is 3.79. The SMILES string of the molecule is O=C(CSC1CCCC1)Cc1ccn(C2CCCC2)n1. The van der Waals surface area contributed by atoms with Gasteiger partial charge in [0.15, 0.2) is 0 Å². The molecular formula is C16H24N2OS. The van der Waals surface area contributed by atoms with Gasteiger partial charge in [0.25, 0.3) is 0 Å². The number of hydrogen-bond donors (Lipinski definition) is 0. The highest BCUT2D eigenvalue weighted by Gasteiger charge is 2.19. The molecular weight excluding hydrogens is 268 g/mol. The summed E-state index contributed by atoms with van der Waals surface area (Å²) in [5.41, 5.74) is 0.953. The Morgan fingerprint density at radius 3 is 2.65 bits per heavy atom. The van der Waals surface area contributed by atoms with Gasteiger partial charge in [0.05, 0.1) is 23.9 Å². The lowest BCUT2D eigenvalue weighted by Gasteiger charge is -2.09. The smallest absolute Gasteiger partial charge is 0.148 e. The summed E-state index contributed by atoms with van der Waals surface area (Å²) in [6.45, 7) is 0. The molecule has 0 saturated heterocycles. The highest BCUT2D eigenvalue weighted by molar-refractivity contribution is 8.00. The first kappa shape index (κ1) is 14.2. The summed E-state index contributed by atoms with van der Waals surface area (Å²) in [4.78, 5) is 12.0. The zero-order valence-electron chi connectivity index (χ0n) is 12.1. The van der Waals surface area contributed by atoms with Gasteiger partial charge in [-0.15, -0.1) is 0 Å². The minimum Gasteiger partial charge on any atom is -0.298 e. The van der Waals surface area contributed by atoms with E-state index in [-0.39, 0.29) is 0 Å². The number of rotatable bonds is 6. The normalized spacial score (nSPS) is 20.8. The van der Waals surface area contributed by atoms with Gasteiger partial charge in [0.2, 0.25) is 0 Å². The van der Waals surface area contributed by atoms with Crippen molar-refractivity contribution in [3.8, 4) is 0 Å². The molecule has 0 aromatic carbocycles. The molecule has 0 atom stereocenters. The van der Waals surface area contributed by atoms with Gasteiger partial charge in [0, 0.05) is 11.4 Å². The summed E-state index contributed by atoms with van der Waals surface area (Å²) in [7, 11) is 0. The summed E-state index contributed by atoms with van der Waals surface area (Å²) in [6, 6.07) is 2.60. The monoisotopic (exact) mass is 292 g/mol. The average molecular weight is 292 g/mol. The van der Waals surface area contributed by atoms with Crippen LogP contribution < -0.4 is 0 Å². The number of ketones is 1. The number of Topliss-reactive ketones (excluding diaryl/α,β-unsaturated/α-hetero) is 1. The summed E-state index contributed by atoms with van der Waals surface area (Å²) in [5.74, 6) is 1.000. The van der Waals surface area contributed by atoms with Crippen LogP contribution in [0.1, 0.15) is 63.1 Å². The van der Waals surface area contributed by atoms with Crippen LogP contribution >= 0.6 is 11.8 Å². The molecule has 2 fully saturated rings. The van der Waals surface area contributed by atoms with Crippen molar-refractivity contribution in [2.24, 2.45) is 0 Å². The molecule has 3 nitrogen and oxygen atoms in total. The molecule has 0 aliphatic heterocycles. The molecule has 2 aliphatic carbocycles. The average Bonchev–Trinajstić information content (AvgIpc) is 3.18. The first-order chi connectivity index (χ1) is 9.81. The molecule has 0 spiro atoms. The maximum atomic E-state index is 12.0. The standard InChI is InChI=1S/C16H24N2OS/c19-15(12-20-16-7-3-4-8-16)11-13-9-10-18(17-13)14-5-1-2-6-14/h9-10,14,16H,1-8,11-12H2. The highest BCUT2D eigenvalue weighted by Crippen LogP contribution is 2.30. The highest BCUT2D eigenvalue weighted by atomic mass is 32.2. The van der Waals surface area contributed by atoms with Crippen LogP contribution in [-0.4, -0.2) is 26.6 Å². The Morgan fingerprint density at radius 2 is 1.90 bits per heavy atom. The molecule has 1 aromatic heterocycles. The van der Waals surface area contributed by atoms with Gasteiger partial charge in [-0.3, -0.25) is 9.48 Å².